The summed E-state index contributed by atoms with van der Waals surface area (Å²) in [4.78, 5) is 21.2. The Morgan fingerprint density at radius 2 is 1.77 bits per heavy atom. The van der Waals surface area contributed by atoms with Crippen LogP contribution >= 0.6 is 11.6 Å². The van der Waals surface area contributed by atoms with E-state index in [9.17, 15) is 13.2 Å². The Morgan fingerprint density at radius 3 is 2.58 bits per heavy atom. The number of nitrogens with one attached hydrogen (secondary N) is 2. The van der Waals surface area contributed by atoms with Gasteiger partial charge >= 0.3 is 0 Å². The van der Waals surface area contributed by atoms with Crippen molar-refractivity contribution in [2.24, 2.45) is 4.99 Å². The van der Waals surface area contributed by atoms with Crippen molar-refractivity contribution >= 4 is 49.8 Å². The predicted molar refractivity (Wildman–Crippen MR) is 122 cm³/mol. The van der Waals surface area contributed by atoms with Gasteiger partial charge in [-0.2, -0.15) is 0 Å². The molecule has 2 heterocycles. The zero-order chi connectivity index (χ0) is 21.8. The number of hydrogen-bond donors (Lipinski definition) is 2. The summed E-state index contributed by atoms with van der Waals surface area (Å²) in [6, 6.07) is 15.0. The summed E-state index contributed by atoms with van der Waals surface area (Å²) in [5, 5.41) is 4.54. The fourth-order valence-corrected chi connectivity index (χ4v) is 4.71. The zero-order valence-corrected chi connectivity index (χ0v) is 18.2. The second-order valence-corrected chi connectivity index (χ2v) is 9.28. The van der Waals surface area contributed by atoms with Crippen molar-refractivity contribution in [1.29, 1.82) is 0 Å². The number of anilines is 1. The van der Waals surface area contributed by atoms with Crippen LogP contribution in [-0.2, 0) is 10.0 Å². The van der Waals surface area contributed by atoms with Gasteiger partial charge < -0.3 is 5.32 Å². The van der Waals surface area contributed by atoms with Crippen molar-refractivity contribution in [2.45, 2.75) is 30.6 Å². The Labute approximate surface area is 185 Å². The largest absolute Gasteiger partial charge is 0.321 e. The number of aliphatic imine (C=N–C) groups is 1. The highest BCUT2D eigenvalue weighted by molar-refractivity contribution is 7.90. The Hall–Kier alpha value is -2.97. The van der Waals surface area contributed by atoms with Gasteiger partial charge in [-0.05, 0) is 48.6 Å². The van der Waals surface area contributed by atoms with Gasteiger partial charge in [0.2, 0.25) is 0 Å². The molecule has 0 unspecified atom stereocenters. The van der Waals surface area contributed by atoms with Gasteiger partial charge in [0.25, 0.3) is 15.9 Å². The highest BCUT2D eigenvalue weighted by Crippen LogP contribution is 2.23. The standard InChI is InChI=1S/C22H21ClN4O3S/c23-21-18-7-4-3-6-15(18)14-19(26-21)22(28)25-16-9-11-17(12-10-16)31(29,30)27-20-8-2-1-5-13-24-20/h3-4,6-7,9-12,14H,1-2,5,8,13H2,(H,24,27)(H,25,28). The van der Waals surface area contributed by atoms with E-state index in [2.05, 4.69) is 20.0 Å². The van der Waals surface area contributed by atoms with Crippen LogP contribution in [0.4, 0.5) is 5.69 Å². The minimum absolute atomic E-state index is 0.101. The summed E-state index contributed by atoms with van der Waals surface area (Å²) in [6.07, 6.45) is 3.55. The van der Waals surface area contributed by atoms with Crippen LogP contribution < -0.4 is 10.0 Å². The Bertz CT molecular complexity index is 1260. The van der Waals surface area contributed by atoms with Crippen molar-refractivity contribution in [2.75, 3.05) is 11.9 Å². The van der Waals surface area contributed by atoms with E-state index in [0.29, 0.717) is 24.5 Å². The summed E-state index contributed by atoms with van der Waals surface area (Å²) in [5.74, 6) is 0.0586. The van der Waals surface area contributed by atoms with Crippen molar-refractivity contribution in [3.8, 4) is 0 Å². The number of carbonyl (C=O) groups is 1. The summed E-state index contributed by atoms with van der Waals surface area (Å²) >= 11 is 6.20. The molecule has 3 aromatic rings. The van der Waals surface area contributed by atoms with Crippen molar-refractivity contribution in [3.63, 3.8) is 0 Å². The van der Waals surface area contributed by atoms with Crippen LogP contribution in [0.2, 0.25) is 5.15 Å². The molecule has 1 aromatic heterocycles. The highest BCUT2D eigenvalue weighted by atomic mass is 35.5. The molecule has 4 rings (SSSR count). The maximum Gasteiger partial charge on any atom is 0.274 e. The molecule has 0 aliphatic carbocycles. The molecule has 0 atom stereocenters. The number of hydrogen-bond acceptors (Lipinski definition) is 5. The quantitative estimate of drug-likeness (QED) is 0.568. The number of amides is 1. The third-order valence-corrected chi connectivity index (χ3v) is 6.66. The van der Waals surface area contributed by atoms with Gasteiger partial charge in [0.15, 0.2) is 0 Å². The van der Waals surface area contributed by atoms with E-state index in [0.717, 1.165) is 30.0 Å². The van der Waals surface area contributed by atoms with Crippen LogP contribution in [0, 0.1) is 0 Å². The first-order chi connectivity index (χ1) is 14.9. The van der Waals surface area contributed by atoms with Gasteiger partial charge in [0.05, 0.1) is 4.90 Å². The Morgan fingerprint density at radius 1 is 1.00 bits per heavy atom. The zero-order valence-electron chi connectivity index (χ0n) is 16.6. The molecular formula is C22H21ClN4O3S. The number of sulfonamides is 1. The number of amidine groups is 1. The molecule has 2 N–H and O–H groups in total. The number of halogens is 1. The number of pyridine rings is 1. The lowest BCUT2D eigenvalue weighted by molar-refractivity contribution is 0.102. The van der Waals surface area contributed by atoms with E-state index in [-0.39, 0.29) is 15.7 Å². The predicted octanol–water partition coefficient (Wildman–Crippen LogP) is 4.39. The number of benzene rings is 2. The fourth-order valence-electron chi connectivity index (χ4n) is 3.36. The summed E-state index contributed by atoms with van der Waals surface area (Å²) in [6.45, 7) is 0.635. The highest BCUT2D eigenvalue weighted by Gasteiger charge is 2.18. The molecule has 9 heteroatoms. The molecule has 160 valence electrons. The maximum absolute atomic E-state index is 12.6. The lowest BCUT2D eigenvalue weighted by Crippen LogP contribution is -2.30. The Kier molecular flexibility index (Phi) is 6.20. The van der Waals surface area contributed by atoms with Crippen molar-refractivity contribution in [3.05, 3.63) is 65.4 Å². The third kappa shape index (κ3) is 5.03. The summed E-state index contributed by atoms with van der Waals surface area (Å²) in [5.41, 5.74) is 0.621. The fraction of sp³-hybridized carbons (Fsp3) is 0.227. The molecule has 1 amide bonds. The minimum Gasteiger partial charge on any atom is -0.321 e. The molecule has 0 radical (unpaired) electrons. The number of carbonyl (C=O) groups excluding carboxylic acids is 1. The van der Waals surface area contributed by atoms with Crippen LogP contribution in [-0.4, -0.2) is 31.7 Å². The molecule has 2 aromatic carbocycles. The molecule has 7 nitrogen and oxygen atoms in total. The monoisotopic (exact) mass is 456 g/mol. The van der Waals surface area contributed by atoms with E-state index in [1.54, 1.807) is 6.07 Å². The molecule has 0 fully saturated rings. The molecule has 0 saturated heterocycles. The van der Waals surface area contributed by atoms with Crippen LogP contribution in [0.15, 0.2) is 64.5 Å². The first-order valence-electron chi connectivity index (χ1n) is 9.95. The molecule has 1 aliphatic heterocycles. The normalized spacial score (nSPS) is 14.5. The van der Waals surface area contributed by atoms with Gasteiger partial charge in [-0.25, -0.2) is 13.4 Å². The SMILES string of the molecule is O=C(Nc1ccc(S(=O)(=O)NC2=NCCCCC2)cc1)c1cc2ccccc2c(Cl)n1. The van der Waals surface area contributed by atoms with Crippen LogP contribution in [0.25, 0.3) is 10.8 Å². The molecule has 31 heavy (non-hydrogen) atoms. The minimum atomic E-state index is -3.73. The van der Waals surface area contributed by atoms with E-state index in [4.69, 9.17) is 11.6 Å². The second-order valence-electron chi connectivity index (χ2n) is 7.24. The van der Waals surface area contributed by atoms with Crippen molar-refractivity contribution in [1.82, 2.24) is 9.71 Å². The number of rotatable bonds is 4. The average molecular weight is 457 g/mol. The lowest BCUT2D eigenvalue weighted by Gasteiger charge is -2.11. The van der Waals surface area contributed by atoms with E-state index in [1.165, 1.54) is 24.3 Å². The van der Waals surface area contributed by atoms with Gasteiger partial charge in [-0.15, -0.1) is 0 Å². The van der Waals surface area contributed by atoms with Gasteiger partial charge in [-0.3, -0.25) is 14.5 Å². The average Bonchev–Trinajstić information content (AvgIpc) is 3.02. The first kappa shape index (κ1) is 21.3. The van der Waals surface area contributed by atoms with Gasteiger partial charge in [0.1, 0.15) is 16.7 Å². The van der Waals surface area contributed by atoms with E-state index in [1.807, 2.05) is 24.3 Å². The molecular weight excluding hydrogens is 436 g/mol. The van der Waals surface area contributed by atoms with E-state index < -0.39 is 15.9 Å². The van der Waals surface area contributed by atoms with Crippen molar-refractivity contribution < 1.29 is 13.2 Å². The first-order valence-corrected chi connectivity index (χ1v) is 11.8. The topological polar surface area (TPSA) is 101 Å². The second kappa shape index (κ2) is 9.03. The third-order valence-electron chi connectivity index (χ3n) is 4.98. The molecule has 0 saturated carbocycles. The van der Waals surface area contributed by atoms with Gasteiger partial charge in [0, 0.05) is 24.0 Å². The maximum atomic E-state index is 12.6. The number of fused-ring (bicyclic) bond motifs is 1. The lowest BCUT2D eigenvalue weighted by atomic mass is 10.1. The number of nitrogens with zero attached hydrogens (tertiary/aromatic N) is 2. The summed E-state index contributed by atoms with van der Waals surface area (Å²) in [7, 11) is -3.73. The molecule has 0 spiro atoms. The van der Waals surface area contributed by atoms with Crippen LogP contribution in [0.3, 0.4) is 0 Å². The molecule has 0 bridgehead atoms. The smallest absolute Gasteiger partial charge is 0.274 e. The Balaban J connectivity index is 1.48. The van der Waals surface area contributed by atoms with Gasteiger partial charge in [-0.1, -0.05) is 42.3 Å². The summed E-state index contributed by atoms with van der Waals surface area (Å²) < 4.78 is 27.8. The van der Waals surface area contributed by atoms with Crippen LogP contribution in [0.5, 0.6) is 0 Å². The van der Waals surface area contributed by atoms with Crippen LogP contribution in [0.1, 0.15) is 36.2 Å². The van der Waals surface area contributed by atoms with E-state index >= 15 is 0 Å². The number of aromatic nitrogens is 1. The molecule has 1 aliphatic rings.